The summed E-state index contributed by atoms with van der Waals surface area (Å²) in [5.41, 5.74) is 0.332. The van der Waals surface area contributed by atoms with Crippen LogP contribution in [0.2, 0.25) is 0 Å². The summed E-state index contributed by atoms with van der Waals surface area (Å²) in [6.07, 6.45) is 3.30. The lowest BCUT2D eigenvalue weighted by Crippen LogP contribution is -2.48. The fourth-order valence-corrected chi connectivity index (χ4v) is 2.02. The quantitative estimate of drug-likeness (QED) is 0.395. The zero-order chi connectivity index (χ0) is 18.0. The third kappa shape index (κ3) is 5.98. The molecule has 0 aromatic heterocycles. The third-order valence-electron chi connectivity index (χ3n) is 3.11. The lowest BCUT2D eigenvalue weighted by Gasteiger charge is -2.26. The molecule has 23 heavy (non-hydrogen) atoms. The molecule has 0 radical (unpaired) electrons. The van der Waals surface area contributed by atoms with Crippen molar-refractivity contribution in [3.63, 3.8) is 0 Å². The number of amides is 3. The number of likely N-dealkylation sites (N-methyl/N-ethyl adjacent to an activating group) is 1. The molecule has 7 heteroatoms. The number of hydrogen-bond donors (Lipinski definition) is 1. The van der Waals surface area contributed by atoms with E-state index < -0.39 is 23.7 Å². The number of rotatable bonds is 9. The molecule has 0 heterocycles. The van der Waals surface area contributed by atoms with Crippen LogP contribution in [0.4, 0.5) is 4.39 Å². The van der Waals surface area contributed by atoms with Gasteiger partial charge in [-0.1, -0.05) is 12.7 Å². The van der Waals surface area contributed by atoms with Crippen molar-refractivity contribution in [2.45, 2.75) is 32.7 Å². The Kier molecular flexibility index (Phi) is 9.07. The van der Waals surface area contributed by atoms with Crippen molar-refractivity contribution < 1.29 is 23.6 Å². The van der Waals surface area contributed by atoms with Gasteiger partial charge in [-0.2, -0.15) is 0 Å². The number of nitrogens with one attached hydrogen (secondary N) is 1. The second-order valence-electron chi connectivity index (χ2n) is 4.67. The molecular formula is C16H21FN2O4. The molecule has 1 N–H and O–H groups in total. The van der Waals surface area contributed by atoms with Crippen molar-refractivity contribution in [3.8, 4) is 0 Å². The molecule has 1 atom stereocenters. The SMILES string of the molecule is C=C(F)/C=C(C)\C(=C/C)C(=O)N(C=O)C(CCC=O)C(=O)NC. The molecule has 6 nitrogen and oxygen atoms in total. The van der Waals surface area contributed by atoms with Gasteiger partial charge in [0.2, 0.25) is 12.3 Å². The summed E-state index contributed by atoms with van der Waals surface area (Å²) in [6, 6.07) is -1.12. The molecule has 0 rings (SSSR count). The lowest BCUT2D eigenvalue weighted by atomic mass is 10.0. The van der Waals surface area contributed by atoms with Crippen molar-refractivity contribution in [2.24, 2.45) is 0 Å². The minimum Gasteiger partial charge on any atom is -0.357 e. The van der Waals surface area contributed by atoms with Crippen LogP contribution in [0.3, 0.4) is 0 Å². The van der Waals surface area contributed by atoms with Crippen molar-refractivity contribution in [1.82, 2.24) is 10.2 Å². The molecule has 1 unspecified atom stereocenters. The number of carbonyl (C=O) groups excluding carboxylic acids is 4. The van der Waals surface area contributed by atoms with Gasteiger partial charge in [0.15, 0.2) is 0 Å². The van der Waals surface area contributed by atoms with Crippen molar-refractivity contribution in [3.05, 3.63) is 35.7 Å². The number of nitrogens with zero attached hydrogens (tertiary/aromatic N) is 1. The first-order valence-electron chi connectivity index (χ1n) is 6.96. The lowest BCUT2D eigenvalue weighted by molar-refractivity contribution is -0.144. The Labute approximate surface area is 134 Å². The van der Waals surface area contributed by atoms with Crippen LogP contribution in [0.5, 0.6) is 0 Å². The van der Waals surface area contributed by atoms with Gasteiger partial charge in [0.05, 0.1) is 0 Å². The molecule has 0 aliphatic rings. The minimum atomic E-state index is -1.12. The second-order valence-corrected chi connectivity index (χ2v) is 4.67. The van der Waals surface area contributed by atoms with Crippen LogP contribution in [-0.4, -0.2) is 42.5 Å². The van der Waals surface area contributed by atoms with Gasteiger partial charge in [0.1, 0.15) is 18.2 Å². The highest BCUT2D eigenvalue weighted by Crippen LogP contribution is 2.17. The predicted molar refractivity (Wildman–Crippen MR) is 83.8 cm³/mol. The molecule has 0 aromatic rings. The summed E-state index contributed by atoms with van der Waals surface area (Å²) >= 11 is 0. The number of carbonyl (C=O) groups is 4. The number of imide groups is 1. The molecule has 0 aliphatic heterocycles. The van der Waals surface area contributed by atoms with E-state index in [1.165, 1.54) is 20.0 Å². The molecule has 0 aromatic carbocycles. The first-order chi connectivity index (χ1) is 10.8. The molecule has 3 amide bonds. The Morgan fingerprint density at radius 1 is 1.35 bits per heavy atom. The van der Waals surface area contributed by atoms with Crippen LogP contribution in [-0.2, 0) is 19.2 Å². The zero-order valence-electron chi connectivity index (χ0n) is 13.5. The molecule has 0 bridgehead atoms. The first-order valence-corrected chi connectivity index (χ1v) is 6.96. The van der Waals surface area contributed by atoms with Gasteiger partial charge in [-0.25, -0.2) is 4.39 Å². The van der Waals surface area contributed by atoms with E-state index in [4.69, 9.17) is 0 Å². The molecular weight excluding hydrogens is 303 g/mol. The van der Waals surface area contributed by atoms with Crippen LogP contribution in [0.15, 0.2) is 35.7 Å². The normalized spacial score (nSPS) is 13.0. The highest BCUT2D eigenvalue weighted by atomic mass is 19.1. The second kappa shape index (κ2) is 10.2. The largest absolute Gasteiger partial charge is 0.357 e. The van der Waals surface area contributed by atoms with E-state index in [1.54, 1.807) is 6.92 Å². The van der Waals surface area contributed by atoms with E-state index in [1.807, 2.05) is 0 Å². The summed E-state index contributed by atoms with van der Waals surface area (Å²) < 4.78 is 12.9. The Morgan fingerprint density at radius 3 is 2.35 bits per heavy atom. The van der Waals surface area contributed by atoms with Gasteiger partial charge in [-0.15, -0.1) is 0 Å². The molecule has 126 valence electrons. The van der Waals surface area contributed by atoms with Crippen molar-refractivity contribution in [2.75, 3.05) is 7.05 Å². The summed E-state index contributed by atoms with van der Waals surface area (Å²) in [5.74, 6) is -2.06. The van der Waals surface area contributed by atoms with E-state index in [-0.39, 0.29) is 30.4 Å². The third-order valence-corrected chi connectivity index (χ3v) is 3.11. The highest BCUT2D eigenvalue weighted by molar-refractivity contribution is 6.05. The number of aldehydes is 1. The van der Waals surface area contributed by atoms with E-state index in [0.29, 0.717) is 11.2 Å². The topological polar surface area (TPSA) is 83.6 Å². The van der Waals surface area contributed by atoms with Crippen LogP contribution < -0.4 is 5.32 Å². The number of allylic oxidation sites excluding steroid dienone is 3. The Morgan fingerprint density at radius 2 is 1.96 bits per heavy atom. The maximum absolute atomic E-state index is 12.9. The number of halogens is 1. The van der Waals surface area contributed by atoms with E-state index >= 15 is 0 Å². The number of hydrogen-bond acceptors (Lipinski definition) is 4. The molecule has 0 aliphatic carbocycles. The van der Waals surface area contributed by atoms with Crippen LogP contribution >= 0.6 is 0 Å². The maximum atomic E-state index is 12.9. The molecule has 0 saturated carbocycles. The predicted octanol–water partition coefficient (Wildman–Crippen LogP) is 1.44. The van der Waals surface area contributed by atoms with Crippen molar-refractivity contribution in [1.29, 1.82) is 0 Å². The van der Waals surface area contributed by atoms with Gasteiger partial charge in [0, 0.05) is 19.0 Å². The van der Waals surface area contributed by atoms with Gasteiger partial charge < -0.3 is 10.1 Å². The molecule has 0 spiro atoms. The zero-order valence-corrected chi connectivity index (χ0v) is 13.5. The summed E-state index contributed by atoms with van der Waals surface area (Å²) in [4.78, 5) is 47.0. The van der Waals surface area contributed by atoms with Gasteiger partial charge in [-0.3, -0.25) is 19.3 Å². The Hall–Kier alpha value is -2.57. The smallest absolute Gasteiger partial charge is 0.260 e. The van der Waals surface area contributed by atoms with Crippen LogP contribution in [0, 0.1) is 0 Å². The average molecular weight is 324 g/mol. The summed E-state index contributed by atoms with van der Waals surface area (Å²) in [5, 5.41) is 2.35. The highest BCUT2D eigenvalue weighted by Gasteiger charge is 2.30. The van der Waals surface area contributed by atoms with E-state index in [2.05, 4.69) is 11.9 Å². The Bertz CT molecular complexity index is 552. The molecule has 0 saturated heterocycles. The fourth-order valence-electron chi connectivity index (χ4n) is 2.02. The van der Waals surface area contributed by atoms with E-state index in [9.17, 15) is 23.6 Å². The summed E-state index contributed by atoms with van der Waals surface area (Å²) in [6.45, 7) is 6.12. The monoisotopic (exact) mass is 324 g/mol. The Balaban J connectivity index is 5.65. The standard InChI is InChI=1S/C16H21FN2O4/c1-5-13(11(2)9-12(3)17)16(23)19(10-21)14(7-6-8-20)15(22)18-4/h5,8-10,14H,3,6-7H2,1-2,4H3,(H,18,22)/b11-9-,13-5+. The van der Waals surface area contributed by atoms with E-state index in [0.717, 1.165) is 6.08 Å². The first kappa shape index (κ1) is 20.4. The average Bonchev–Trinajstić information content (AvgIpc) is 2.50. The molecule has 0 fully saturated rings. The minimum absolute atomic E-state index is 0.00320. The van der Waals surface area contributed by atoms with Gasteiger partial charge >= 0.3 is 0 Å². The van der Waals surface area contributed by atoms with Crippen LogP contribution in [0.1, 0.15) is 26.7 Å². The summed E-state index contributed by atoms with van der Waals surface area (Å²) in [7, 11) is 1.36. The fraction of sp³-hybridized carbons (Fsp3) is 0.375. The maximum Gasteiger partial charge on any atom is 0.260 e. The van der Waals surface area contributed by atoms with Gasteiger partial charge in [0.25, 0.3) is 5.91 Å². The van der Waals surface area contributed by atoms with Gasteiger partial charge in [-0.05, 0) is 31.9 Å². The van der Waals surface area contributed by atoms with Crippen molar-refractivity contribution >= 4 is 24.5 Å². The van der Waals surface area contributed by atoms with Crippen LogP contribution in [0.25, 0.3) is 0 Å².